The third-order valence-corrected chi connectivity index (χ3v) is 1.92. The predicted octanol–water partition coefficient (Wildman–Crippen LogP) is 1.92. The predicted molar refractivity (Wildman–Crippen MR) is 63.0 cm³/mol. The number of esters is 1. The van der Waals surface area contributed by atoms with Crippen molar-refractivity contribution >= 4 is 17.6 Å². The number of benzene rings is 1. The summed E-state index contributed by atoms with van der Waals surface area (Å²) in [6, 6.07) is 3.93. The first-order chi connectivity index (χ1) is 7.70. The quantitative estimate of drug-likeness (QED) is 0.605. The Kier molecular flexibility index (Phi) is 3.41. The second-order valence-electron chi connectivity index (χ2n) is 4.61. The van der Waals surface area contributed by atoms with Crippen LogP contribution in [0.15, 0.2) is 18.2 Å². The van der Waals surface area contributed by atoms with Crippen LogP contribution in [0.3, 0.4) is 0 Å². The molecule has 1 aromatic carbocycles. The summed E-state index contributed by atoms with van der Waals surface area (Å²) in [6.45, 7) is 5.17. The van der Waals surface area contributed by atoms with Crippen LogP contribution in [0.1, 0.15) is 41.5 Å². The van der Waals surface area contributed by atoms with Gasteiger partial charge in [0.2, 0.25) is 0 Å². The smallest absolute Gasteiger partial charge is 0.340 e. The number of carbonyl (C=O) groups excluding carboxylic acids is 1. The van der Waals surface area contributed by atoms with Crippen molar-refractivity contribution in [2.24, 2.45) is 0 Å². The highest BCUT2D eigenvalue weighted by molar-refractivity contribution is 5.98. The summed E-state index contributed by atoms with van der Waals surface area (Å²) in [5, 5.41) is 8.82. The molecule has 0 heterocycles. The SMILES string of the molecule is CC(C)(C)OC(=O)c1cc(C(=O)O)ccc1N. The fourth-order valence-electron chi connectivity index (χ4n) is 1.20. The van der Waals surface area contributed by atoms with Gasteiger partial charge in [-0.2, -0.15) is 0 Å². The first-order valence-corrected chi connectivity index (χ1v) is 5.07. The van der Waals surface area contributed by atoms with Gasteiger partial charge in [0, 0.05) is 5.69 Å². The average Bonchev–Trinajstić information content (AvgIpc) is 2.14. The molecule has 3 N–H and O–H groups in total. The summed E-state index contributed by atoms with van der Waals surface area (Å²) >= 11 is 0. The lowest BCUT2D eigenvalue weighted by Crippen LogP contribution is -2.24. The minimum absolute atomic E-state index is 0.0000548. The molecule has 17 heavy (non-hydrogen) atoms. The fourth-order valence-corrected chi connectivity index (χ4v) is 1.20. The number of anilines is 1. The average molecular weight is 237 g/mol. The van der Waals surface area contributed by atoms with Crippen molar-refractivity contribution in [3.8, 4) is 0 Å². The monoisotopic (exact) mass is 237 g/mol. The second-order valence-corrected chi connectivity index (χ2v) is 4.61. The van der Waals surface area contributed by atoms with Crippen molar-refractivity contribution in [1.29, 1.82) is 0 Å². The molecule has 0 atom stereocenters. The standard InChI is InChI=1S/C12H15NO4/c1-12(2,3)17-11(16)8-6-7(10(14)15)4-5-9(8)13/h4-6H,13H2,1-3H3,(H,14,15). The number of nitrogens with two attached hydrogens (primary N) is 1. The molecule has 0 unspecified atom stereocenters. The maximum atomic E-state index is 11.8. The normalized spacial score (nSPS) is 11.0. The van der Waals surface area contributed by atoms with E-state index in [4.69, 9.17) is 15.6 Å². The van der Waals surface area contributed by atoms with E-state index < -0.39 is 17.5 Å². The third kappa shape index (κ3) is 3.48. The Morgan fingerprint density at radius 3 is 2.35 bits per heavy atom. The van der Waals surface area contributed by atoms with Crippen LogP contribution in [0.5, 0.6) is 0 Å². The molecule has 0 saturated heterocycles. The molecule has 0 aliphatic heterocycles. The van der Waals surface area contributed by atoms with E-state index in [1.54, 1.807) is 20.8 Å². The molecule has 0 aromatic heterocycles. The topological polar surface area (TPSA) is 89.6 Å². The number of aromatic carboxylic acids is 1. The van der Waals surface area contributed by atoms with Crippen molar-refractivity contribution in [2.45, 2.75) is 26.4 Å². The number of carboxylic acid groups (broad SMARTS) is 1. The van der Waals surface area contributed by atoms with Gasteiger partial charge in [-0.15, -0.1) is 0 Å². The van der Waals surface area contributed by atoms with Crippen molar-refractivity contribution in [2.75, 3.05) is 5.73 Å². The molecule has 0 saturated carbocycles. The van der Waals surface area contributed by atoms with Crippen molar-refractivity contribution in [3.05, 3.63) is 29.3 Å². The molecule has 92 valence electrons. The van der Waals surface area contributed by atoms with E-state index in [1.807, 2.05) is 0 Å². The molecule has 0 radical (unpaired) electrons. The maximum absolute atomic E-state index is 11.8. The summed E-state index contributed by atoms with van der Waals surface area (Å²) in [7, 11) is 0. The van der Waals surface area contributed by atoms with Crippen LogP contribution in [0.25, 0.3) is 0 Å². The number of rotatable bonds is 2. The first kappa shape index (κ1) is 13.0. The summed E-state index contributed by atoms with van der Waals surface area (Å²) in [5.74, 6) is -1.74. The van der Waals surface area contributed by atoms with Crippen molar-refractivity contribution < 1.29 is 19.4 Å². The molecule has 0 fully saturated rings. The van der Waals surface area contributed by atoms with E-state index >= 15 is 0 Å². The Morgan fingerprint density at radius 2 is 1.88 bits per heavy atom. The molecular formula is C12H15NO4. The van der Waals surface area contributed by atoms with Gasteiger partial charge in [-0.3, -0.25) is 0 Å². The van der Waals surface area contributed by atoms with Gasteiger partial charge in [-0.1, -0.05) is 0 Å². The van der Waals surface area contributed by atoms with Gasteiger partial charge < -0.3 is 15.6 Å². The van der Waals surface area contributed by atoms with Gasteiger partial charge in [-0.05, 0) is 39.0 Å². The fraction of sp³-hybridized carbons (Fsp3) is 0.333. The molecule has 0 aliphatic carbocycles. The number of carboxylic acids is 1. The van der Waals surface area contributed by atoms with Crippen LogP contribution in [-0.4, -0.2) is 22.6 Å². The number of ether oxygens (including phenoxy) is 1. The van der Waals surface area contributed by atoms with Gasteiger partial charge >= 0.3 is 11.9 Å². The molecule has 1 rings (SSSR count). The van der Waals surface area contributed by atoms with Gasteiger partial charge in [0.25, 0.3) is 0 Å². The van der Waals surface area contributed by atoms with E-state index in [2.05, 4.69) is 0 Å². The Labute approximate surface area is 99.2 Å². The molecule has 0 aliphatic rings. The van der Waals surface area contributed by atoms with Crippen LogP contribution < -0.4 is 5.73 Å². The summed E-state index contributed by atoms with van der Waals surface area (Å²) in [5.41, 5.74) is 5.23. The van der Waals surface area contributed by atoms with Gasteiger partial charge in [0.05, 0.1) is 11.1 Å². The Balaban J connectivity index is 3.08. The molecule has 5 heteroatoms. The first-order valence-electron chi connectivity index (χ1n) is 5.07. The Morgan fingerprint density at radius 1 is 1.29 bits per heavy atom. The molecule has 0 amide bonds. The van der Waals surface area contributed by atoms with Crippen LogP contribution >= 0.6 is 0 Å². The molecule has 0 spiro atoms. The Hall–Kier alpha value is -2.04. The largest absolute Gasteiger partial charge is 0.478 e. The zero-order valence-electron chi connectivity index (χ0n) is 9.98. The van der Waals surface area contributed by atoms with E-state index in [-0.39, 0.29) is 16.8 Å². The summed E-state index contributed by atoms with van der Waals surface area (Å²) in [6.07, 6.45) is 0. The van der Waals surface area contributed by atoms with Gasteiger partial charge in [0.15, 0.2) is 0 Å². The zero-order valence-corrected chi connectivity index (χ0v) is 9.98. The third-order valence-electron chi connectivity index (χ3n) is 1.92. The van der Waals surface area contributed by atoms with E-state index in [0.717, 1.165) is 0 Å². The highest BCUT2D eigenvalue weighted by atomic mass is 16.6. The molecule has 0 bridgehead atoms. The number of hydrogen-bond donors (Lipinski definition) is 2. The van der Waals surface area contributed by atoms with E-state index in [9.17, 15) is 9.59 Å². The maximum Gasteiger partial charge on any atom is 0.340 e. The molecule has 1 aromatic rings. The lowest BCUT2D eigenvalue weighted by Gasteiger charge is -2.20. The number of nitrogen functional groups attached to an aromatic ring is 1. The van der Waals surface area contributed by atoms with Crippen molar-refractivity contribution in [3.63, 3.8) is 0 Å². The van der Waals surface area contributed by atoms with E-state index in [0.29, 0.717) is 0 Å². The van der Waals surface area contributed by atoms with Crippen molar-refractivity contribution in [1.82, 2.24) is 0 Å². The minimum Gasteiger partial charge on any atom is -0.478 e. The minimum atomic E-state index is -1.12. The lowest BCUT2D eigenvalue weighted by molar-refractivity contribution is 0.00708. The van der Waals surface area contributed by atoms with Crippen LogP contribution in [0.4, 0.5) is 5.69 Å². The van der Waals surface area contributed by atoms with Gasteiger partial charge in [-0.25, -0.2) is 9.59 Å². The number of carbonyl (C=O) groups is 2. The Bertz CT molecular complexity index is 460. The van der Waals surface area contributed by atoms with Crippen LogP contribution in [-0.2, 0) is 4.74 Å². The number of hydrogen-bond acceptors (Lipinski definition) is 4. The highest BCUT2D eigenvalue weighted by Crippen LogP contribution is 2.18. The summed E-state index contributed by atoms with van der Waals surface area (Å²) < 4.78 is 5.13. The van der Waals surface area contributed by atoms with Crippen LogP contribution in [0, 0.1) is 0 Å². The lowest BCUT2D eigenvalue weighted by atomic mass is 10.1. The molecule has 5 nitrogen and oxygen atoms in total. The van der Waals surface area contributed by atoms with Gasteiger partial charge in [0.1, 0.15) is 5.60 Å². The summed E-state index contributed by atoms with van der Waals surface area (Å²) in [4.78, 5) is 22.5. The zero-order chi connectivity index (χ0) is 13.2. The molecular weight excluding hydrogens is 222 g/mol. The van der Waals surface area contributed by atoms with E-state index in [1.165, 1.54) is 18.2 Å². The highest BCUT2D eigenvalue weighted by Gasteiger charge is 2.20. The van der Waals surface area contributed by atoms with Crippen LogP contribution in [0.2, 0.25) is 0 Å². The second kappa shape index (κ2) is 4.45.